The van der Waals surface area contributed by atoms with Gasteiger partial charge in [0.15, 0.2) is 23.0 Å². The summed E-state index contributed by atoms with van der Waals surface area (Å²) in [5.41, 5.74) is 5.51. The monoisotopic (exact) mass is 587 g/mol. The molecule has 1 unspecified atom stereocenters. The van der Waals surface area contributed by atoms with E-state index in [1.807, 2.05) is 55.3 Å². The van der Waals surface area contributed by atoms with E-state index in [0.717, 1.165) is 27.8 Å². The van der Waals surface area contributed by atoms with Gasteiger partial charge in [0.2, 0.25) is 12.7 Å². The Hall–Kier alpha value is -3.99. The number of nitrogens with one attached hydrogen (secondary N) is 1. The first-order chi connectivity index (χ1) is 20.7. The fourth-order valence-corrected chi connectivity index (χ4v) is 7.91. The zero-order valence-electron chi connectivity index (χ0n) is 24.8. The molecule has 10 nitrogen and oxygen atoms in total. The number of aryl methyl sites for hydroxylation is 1. The first-order valence-electron chi connectivity index (χ1n) is 14.7. The number of benzene rings is 3. The van der Waals surface area contributed by atoms with Gasteiger partial charge in [0.05, 0.1) is 31.7 Å². The number of ether oxygens (including phenoxy) is 3. The summed E-state index contributed by atoms with van der Waals surface area (Å²) in [5.74, 6) is 1.55. The Morgan fingerprint density at radius 1 is 1.05 bits per heavy atom. The largest absolute Gasteiger partial charge is 0.507 e. The van der Waals surface area contributed by atoms with Crippen molar-refractivity contribution in [1.82, 2.24) is 15.1 Å². The second-order valence-electron chi connectivity index (χ2n) is 12.1. The number of carbonyl (C=O) groups is 1. The lowest BCUT2D eigenvalue weighted by molar-refractivity contribution is -0.172. The summed E-state index contributed by atoms with van der Waals surface area (Å²) in [6, 6.07) is 10.1. The molecule has 4 N–H and O–H groups in total. The SMILES string of the molecule is COc1c(C)cc2c(c1O)[C@@H]1C3Cc4c(O)c(C)c5c(c4[C@H](CNC(=O)Cc4ccccc4)N3[C@@H](O)[C@H](C2)N1C)OCO5. The van der Waals surface area contributed by atoms with Crippen LogP contribution in [0.4, 0.5) is 0 Å². The normalized spacial score (nSPS) is 25.5. The van der Waals surface area contributed by atoms with Gasteiger partial charge in [0.1, 0.15) is 12.0 Å². The number of phenolic OH excluding ortho intramolecular Hbond substituents is 2. The molecule has 1 saturated heterocycles. The molecule has 7 rings (SSSR count). The third-order valence-electron chi connectivity index (χ3n) is 9.82. The number of amides is 1. The molecule has 3 aromatic rings. The standard InChI is InChI=1S/C33H37N3O7/c1-16-10-19-12-22-33(40)36-21(27(35(22)3)25(19)29(39)30(16)41-4)13-20-26(32-31(42-15-43-32)17(2)28(20)38)23(36)14-34-24(37)11-18-8-6-5-7-9-18/h5-10,21-23,27,33,38-40H,11-15H2,1-4H3,(H,34,37)/t21?,22-,23-,27-,33-/m0/s1. The van der Waals surface area contributed by atoms with Crippen LogP contribution in [0.25, 0.3) is 0 Å². The zero-order chi connectivity index (χ0) is 30.2. The van der Waals surface area contributed by atoms with Gasteiger partial charge in [0.25, 0.3) is 0 Å². The average Bonchev–Trinajstić information content (AvgIpc) is 3.48. The van der Waals surface area contributed by atoms with Gasteiger partial charge in [-0.15, -0.1) is 0 Å². The Morgan fingerprint density at radius 2 is 1.79 bits per heavy atom. The van der Waals surface area contributed by atoms with Crippen LogP contribution in [-0.4, -0.2) is 76.8 Å². The molecule has 226 valence electrons. The number of aromatic hydroxyl groups is 2. The van der Waals surface area contributed by atoms with Crippen molar-refractivity contribution in [3.63, 3.8) is 0 Å². The van der Waals surface area contributed by atoms with Crippen LogP contribution in [0, 0.1) is 13.8 Å². The maximum atomic E-state index is 13.2. The molecule has 4 aliphatic rings. The van der Waals surface area contributed by atoms with Crippen molar-refractivity contribution in [2.75, 3.05) is 27.5 Å². The molecule has 5 atom stereocenters. The van der Waals surface area contributed by atoms with Gasteiger partial charge in [-0.05, 0) is 50.4 Å². The highest BCUT2D eigenvalue weighted by molar-refractivity contribution is 5.78. The Labute approximate surface area is 250 Å². The summed E-state index contributed by atoms with van der Waals surface area (Å²) in [7, 11) is 3.52. The van der Waals surface area contributed by atoms with Crippen LogP contribution in [0.1, 0.15) is 51.0 Å². The van der Waals surface area contributed by atoms with Gasteiger partial charge in [-0.25, -0.2) is 0 Å². The summed E-state index contributed by atoms with van der Waals surface area (Å²) in [4.78, 5) is 17.4. The van der Waals surface area contributed by atoms with E-state index in [4.69, 9.17) is 14.2 Å². The number of aliphatic hydroxyl groups is 1. The number of hydrogen-bond acceptors (Lipinski definition) is 9. The van der Waals surface area contributed by atoms with Crippen molar-refractivity contribution in [3.8, 4) is 28.7 Å². The van der Waals surface area contributed by atoms with Gasteiger partial charge >= 0.3 is 0 Å². The molecular formula is C33H37N3O7. The Morgan fingerprint density at radius 3 is 2.53 bits per heavy atom. The second-order valence-corrected chi connectivity index (χ2v) is 12.1. The molecule has 3 aromatic carbocycles. The maximum Gasteiger partial charge on any atom is 0.231 e. The molecule has 0 spiro atoms. The first kappa shape index (κ1) is 27.8. The number of methoxy groups -OCH3 is 1. The fraction of sp³-hybridized carbons (Fsp3) is 0.424. The summed E-state index contributed by atoms with van der Waals surface area (Å²) >= 11 is 0. The highest BCUT2D eigenvalue weighted by Gasteiger charge is 2.56. The maximum absolute atomic E-state index is 13.2. The number of piperazine rings is 1. The number of phenols is 2. The van der Waals surface area contributed by atoms with E-state index in [0.29, 0.717) is 41.2 Å². The van der Waals surface area contributed by atoms with E-state index in [9.17, 15) is 20.1 Å². The van der Waals surface area contributed by atoms with E-state index in [1.165, 1.54) is 0 Å². The first-order valence-corrected chi connectivity index (χ1v) is 14.7. The number of fused-ring (bicyclic) bond motifs is 9. The van der Waals surface area contributed by atoms with Crippen LogP contribution < -0.4 is 19.5 Å². The van der Waals surface area contributed by atoms with E-state index in [1.54, 1.807) is 14.0 Å². The number of aliphatic hydroxyl groups excluding tert-OH is 1. The van der Waals surface area contributed by atoms with Gasteiger partial charge in [0, 0.05) is 34.8 Å². The third kappa shape index (κ3) is 4.15. The molecule has 10 heteroatoms. The predicted molar refractivity (Wildman–Crippen MR) is 158 cm³/mol. The van der Waals surface area contributed by atoms with E-state index in [-0.39, 0.29) is 55.3 Å². The minimum Gasteiger partial charge on any atom is -0.507 e. The summed E-state index contributed by atoms with van der Waals surface area (Å²) < 4.78 is 17.4. The molecule has 0 aliphatic carbocycles. The highest BCUT2D eigenvalue weighted by atomic mass is 16.7. The predicted octanol–water partition coefficient (Wildman–Crippen LogP) is 3.01. The molecule has 0 saturated carbocycles. The number of rotatable bonds is 5. The molecule has 1 amide bonds. The van der Waals surface area contributed by atoms with Crippen molar-refractivity contribution in [3.05, 3.63) is 75.3 Å². The number of nitrogens with zero attached hydrogens (tertiary/aromatic N) is 2. The Balaban J connectivity index is 1.35. The van der Waals surface area contributed by atoms with Gasteiger partial charge in [-0.1, -0.05) is 36.4 Å². The van der Waals surface area contributed by atoms with Gasteiger partial charge in [-0.3, -0.25) is 14.6 Å². The Kier molecular flexibility index (Phi) is 6.68. The van der Waals surface area contributed by atoms with Crippen LogP contribution in [-0.2, 0) is 24.1 Å². The van der Waals surface area contributed by atoms with Gasteiger partial charge < -0.3 is 34.8 Å². The second kappa shape index (κ2) is 10.3. The smallest absolute Gasteiger partial charge is 0.231 e. The average molecular weight is 588 g/mol. The quantitative estimate of drug-likeness (QED) is 0.357. The lowest BCUT2D eigenvalue weighted by Crippen LogP contribution is -2.69. The fourth-order valence-electron chi connectivity index (χ4n) is 7.91. The molecule has 4 heterocycles. The van der Waals surface area contributed by atoms with Crippen molar-refractivity contribution in [2.45, 2.75) is 63.5 Å². The van der Waals surface area contributed by atoms with Crippen LogP contribution >= 0.6 is 0 Å². The molecule has 0 radical (unpaired) electrons. The zero-order valence-corrected chi connectivity index (χ0v) is 24.8. The number of likely N-dealkylation sites (N-methyl/N-ethyl adjacent to an activating group) is 1. The summed E-state index contributed by atoms with van der Waals surface area (Å²) in [6.07, 6.45) is 0.245. The van der Waals surface area contributed by atoms with E-state index < -0.39 is 12.3 Å². The van der Waals surface area contributed by atoms with Crippen molar-refractivity contribution < 1.29 is 34.3 Å². The molecule has 43 heavy (non-hydrogen) atoms. The number of hydrogen-bond donors (Lipinski definition) is 4. The van der Waals surface area contributed by atoms with E-state index in [2.05, 4.69) is 10.2 Å². The molecule has 1 fully saturated rings. The third-order valence-corrected chi connectivity index (χ3v) is 9.82. The highest BCUT2D eigenvalue weighted by Crippen LogP contribution is 2.57. The Bertz CT molecular complexity index is 1610. The van der Waals surface area contributed by atoms with Crippen molar-refractivity contribution in [1.29, 1.82) is 0 Å². The van der Waals surface area contributed by atoms with Crippen LogP contribution in [0.3, 0.4) is 0 Å². The topological polar surface area (TPSA) is 124 Å². The van der Waals surface area contributed by atoms with Crippen LogP contribution in [0.5, 0.6) is 28.7 Å². The van der Waals surface area contributed by atoms with E-state index >= 15 is 0 Å². The van der Waals surface area contributed by atoms with Crippen molar-refractivity contribution in [2.24, 2.45) is 0 Å². The molecule has 4 aliphatic heterocycles. The molecule has 0 aromatic heterocycles. The van der Waals surface area contributed by atoms with Gasteiger partial charge in [-0.2, -0.15) is 0 Å². The molecular weight excluding hydrogens is 550 g/mol. The lowest BCUT2D eigenvalue weighted by Gasteiger charge is -2.60. The molecule has 2 bridgehead atoms. The van der Waals surface area contributed by atoms with Crippen LogP contribution in [0.15, 0.2) is 36.4 Å². The number of carbonyl (C=O) groups excluding carboxylic acids is 1. The minimum absolute atomic E-state index is 0.0273. The summed E-state index contributed by atoms with van der Waals surface area (Å²) in [5, 5.41) is 38.2. The minimum atomic E-state index is -0.894. The van der Waals surface area contributed by atoms with Crippen molar-refractivity contribution >= 4 is 5.91 Å². The lowest BCUT2D eigenvalue weighted by atomic mass is 9.73. The van der Waals surface area contributed by atoms with Crippen LogP contribution in [0.2, 0.25) is 0 Å². The summed E-state index contributed by atoms with van der Waals surface area (Å²) in [6.45, 7) is 3.92.